The molecule has 2 N–H and O–H groups in total. The van der Waals surface area contributed by atoms with Crippen LogP contribution in [0.4, 0.5) is 5.69 Å². The van der Waals surface area contributed by atoms with E-state index in [1.165, 1.54) is 4.31 Å². The number of nitrogens with two attached hydrogens (primary N) is 1. The highest BCUT2D eigenvalue weighted by Crippen LogP contribution is 2.21. The van der Waals surface area contributed by atoms with Crippen molar-refractivity contribution in [1.82, 2.24) is 4.31 Å². The summed E-state index contributed by atoms with van der Waals surface area (Å²) in [4.78, 5) is 0.305. The Bertz CT molecular complexity index is 495. The molecule has 1 rings (SSSR count). The van der Waals surface area contributed by atoms with Gasteiger partial charge in [-0.15, -0.1) is 0 Å². The average molecular weight is 256 g/mol. The number of aryl methyl sites for hydroxylation is 1. The van der Waals surface area contributed by atoms with Gasteiger partial charge in [-0.3, -0.25) is 0 Å². The molecule has 1 aromatic carbocycles. The minimum Gasteiger partial charge on any atom is -0.399 e. The van der Waals surface area contributed by atoms with Gasteiger partial charge in [0, 0.05) is 18.3 Å². The van der Waals surface area contributed by atoms with Crippen LogP contribution in [0.25, 0.3) is 0 Å². The van der Waals surface area contributed by atoms with Crippen molar-refractivity contribution in [2.24, 2.45) is 0 Å². The Morgan fingerprint density at radius 1 is 1.35 bits per heavy atom. The van der Waals surface area contributed by atoms with Gasteiger partial charge in [0.1, 0.15) is 0 Å². The molecule has 0 saturated heterocycles. The predicted molar refractivity (Wildman–Crippen MR) is 70.3 cm³/mol. The summed E-state index contributed by atoms with van der Waals surface area (Å²) < 4.78 is 26.2. The van der Waals surface area contributed by atoms with Crippen LogP contribution in [0.2, 0.25) is 0 Å². The van der Waals surface area contributed by atoms with Crippen molar-refractivity contribution < 1.29 is 8.42 Å². The lowest BCUT2D eigenvalue weighted by atomic mass is 10.2. The summed E-state index contributed by atoms with van der Waals surface area (Å²) in [5, 5.41) is 0. The van der Waals surface area contributed by atoms with Gasteiger partial charge in [0.15, 0.2) is 0 Å². The van der Waals surface area contributed by atoms with Crippen molar-refractivity contribution in [3.05, 3.63) is 23.8 Å². The lowest BCUT2D eigenvalue weighted by Crippen LogP contribution is -2.36. The molecule has 0 radical (unpaired) electrons. The largest absolute Gasteiger partial charge is 0.399 e. The van der Waals surface area contributed by atoms with Crippen LogP contribution in [-0.4, -0.2) is 25.3 Å². The molecule has 0 aliphatic carbocycles. The number of anilines is 1. The van der Waals surface area contributed by atoms with Crippen LogP contribution in [0.1, 0.15) is 26.3 Å². The summed E-state index contributed by atoms with van der Waals surface area (Å²) in [6.07, 6.45) is 0. The molecule has 1 aromatic rings. The van der Waals surface area contributed by atoms with E-state index in [1.807, 2.05) is 20.8 Å². The van der Waals surface area contributed by atoms with E-state index in [9.17, 15) is 8.42 Å². The van der Waals surface area contributed by atoms with Gasteiger partial charge in [0.25, 0.3) is 0 Å². The number of benzene rings is 1. The summed E-state index contributed by atoms with van der Waals surface area (Å²) in [5.74, 6) is 0. The highest BCUT2D eigenvalue weighted by Gasteiger charge is 2.25. The van der Waals surface area contributed by atoms with Crippen LogP contribution >= 0.6 is 0 Å². The van der Waals surface area contributed by atoms with E-state index < -0.39 is 10.0 Å². The molecule has 0 fully saturated rings. The van der Waals surface area contributed by atoms with E-state index in [2.05, 4.69) is 0 Å². The number of hydrogen-bond donors (Lipinski definition) is 1. The number of hydrogen-bond acceptors (Lipinski definition) is 3. The summed E-state index contributed by atoms with van der Waals surface area (Å²) in [6.45, 7) is 7.83. The Hall–Kier alpha value is -1.07. The monoisotopic (exact) mass is 256 g/mol. The maximum atomic E-state index is 12.4. The second kappa shape index (κ2) is 5.06. The molecule has 0 heterocycles. The predicted octanol–water partition coefficient (Wildman–Crippen LogP) is 2.00. The Morgan fingerprint density at radius 3 is 2.35 bits per heavy atom. The Kier molecular flexibility index (Phi) is 4.16. The van der Waals surface area contributed by atoms with Crippen molar-refractivity contribution in [2.75, 3.05) is 12.3 Å². The van der Waals surface area contributed by atoms with E-state index in [4.69, 9.17) is 5.73 Å². The summed E-state index contributed by atoms with van der Waals surface area (Å²) in [5.41, 5.74) is 7.08. The number of nitrogen functional groups attached to an aromatic ring is 1. The standard InChI is InChI=1S/C12H20N2O2S/c1-5-14(9(2)3)17(15,16)11-6-7-12(13)10(4)8-11/h6-9H,5,13H2,1-4H3. The molecule has 0 aliphatic heterocycles. The highest BCUT2D eigenvalue weighted by molar-refractivity contribution is 7.89. The first-order valence-electron chi connectivity index (χ1n) is 5.68. The minimum absolute atomic E-state index is 0.0529. The Labute approximate surface area is 103 Å². The normalized spacial score (nSPS) is 12.4. The van der Waals surface area contributed by atoms with Crippen molar-refractivity contribution in [1.29, 1.82) is 0 Å². The molecule has 0 saturated carbocycles. The lowest BCUT2D eigenvalue weighted by Gasteiger charge is -2.24. The van der Waals surface area contributed by atoms with Gasteiger partial charge in [0.2, 0.25) is 10.0 Å². The van der Waals surface area contributed by atoms with E-state index in [0.717, 1.165) is 5.56 Å². The molecular formula is C12H20N2O2S. The second-order valence-corrected chi connectivity index (χ2v) is 6.21. The van der Waals surface area contributed by atoms with Crippen molar-refractivity contribution in [2.45, 2.75) is 38.6 Å². The molecule has 0 atom stereocenters. The van der Waals surface area contributed by atoms with Crippen LogP contribution in [-0.2, 0) is 10.0 Å². The van der Waals surface area contributed by atoms with Crippen LogP contribution in [0.15, 0.2) is 23.1 Å². The van der Waals surface area contributed by atoms with Gasteiger partial charge in [-0.1, -0.05) is 6.92 Å². The molecular weight excluding hydrogens is 236 g/mol. The molecule has 0 aliphatic rings. The molecule has 0 spiro atoms. The third-order valence-corrected chi connectivity index (χ3v) is 4.88. The van der Waals surface area contributed by atoms with Gasteiger partial charge in [-0.05, 0) is 44.5 Å². The third-order valence-electron chi connectivity index (χ3n) is 2.74. The topological polar surface area (TPSA) is 63.4 Å². The number of sulfonamides is 1. The quantitative estimate of drug-likeness (QED) is 0.838. The Balaban J connectivity index is 3.25. The zero-order valence-corrected chi connectivity index (χ0v) is 11.6. The van der Waals surface area contributed by atoms with E-state index in [-0.39, 0.29) is 6.04 Å². The Morgan fingerprint density at radius 2 is 1.94 bits per heavy atom. The summed E-state index contributed by atoms with van der Waals surface area (Å²) >= 11 is 0. The first kappa shape index (κ1) is 14.0. The molecule has 0 amide bonds. The molecule has 96 valence electrons. The highest BCUT2D eigenvalue weighted by atomic mass is 32.2. The van der Waals surface area contributed by atoms with Gasteiger partial charge >= 0.3 is 0 Å². The molecule has 0 unspecified atom stereocenters. The van der Waals surface area contributed by atoms with Crippen LogP contribution in [0.3, 0.4) is 0 Å². The molecule has 5 heteroatoms. The van der Waals surface area contributed by atoms with Gasteiger partial charge < -0.3 is 5.73 Å². The third kappa shape index (κ3) is 2.79. The van der Waals surface area contributed by atoms with Crippen LogP contribution in [0.5, 0.6) is 0 Å². The van der Waals surface area contributed by atoms with Crippen molar-refractivity contribution in [3.8, 4) is 0 Å². The minimum atomic E-state index is -3.41. The van der Waals surface area contributed by atoms with Gasteiger partial charge in [0.05, 0.1) is 4.90 Å². The summed E-state index contributed by atoms with van der Waals surface area (Å²) in [7, 11) is -3.41. The average Bonchev–Trinajstić information content (AvgIpc) is 2.21. The van der Waals surface area contributed by atoms with Gasteiger partial charge in [-0.2, -0.15) is 4.31 Å². The maximum Gasteiger partial charge on any atom is 0.243 e. The maximum absolute atomic E-state index is 12.4. The van der Waals surface area contributed by atoms with E-state index in [0.29, 0.717) is 17.1 Å². The first-order chi connectivity index (χ1) is 7.80. The molecule has 0 bridgehead atoms. The van der Waals surface area contributed by atoms with Crippen molar-refractivity contribution >= 4 is 15.7 Å². The number of nitrogens with zero attached hydrogens (tertiary/aromatic N) is 1. The number of rotatable bonds is 4. The second-order valence-electron chi connectivity index (χ2n) is 4.32. The van der Waals surface area contributed by atoms with Gasteiger partial charge in [-0.25, -0.2) is 8.42 Å². The first-order valence-corrected chi connectivity index (χ1v) is 7.12. The fourth-order valence-electron chi connectivity index (χ4n) is 1.76. The molecule has 0 aromatic heterocycles. The summed E-state index contributed by atoms with van der Waals surface area (Å²) in [6, 6.07) is 4.76. The SMILES string of the molecule is CCN(C(C)C)S(=O)(=O)c1ccc(N)c(C)c1. The fraction of sp³-hybridized carbons (Fsp3) is 0.500. The molecule has 17 heavy (non-hydrogen) atoms. The lowest BCUT2D eigenvalue weighted by molar-refractivity contribution is 0.369. The zero-order valence-electron chi connectivity index (χ0n) is 10.8. The van der Waals surface area contributed by atoms with Crippen molar-refractivity contribution in [3.63, 3.8) is 0 Å². The van der Waals surface area contributed by atoms with Crippen LogP contribution < -0.4 is 5.73 Å². The zero-order chi connectivity index (χ0) is 13.2. The van der Waals surface area contributed by atoms with Crippen LogP contribution in [0, 0.1) is 6.92 Å². The molecule has 4 nitrogen and oxygen atoms in total. The smallest absolute Gasteiger partial charge is 0.243 e. The fourth-order valence-corrected chi connectivity index (χ4v) is 3.49. The van der Waals surface area contributed by atoms with E-state index >= 15 is 0 Å². The van der Waals surface area contributed by atoms with E-state index in [1.54, 1.807) is 25.1 Å².